The molecule has 2 N–H and O–H groups in total. The number of aromatic nitrogens is 1. The molecule has 28 heavy (non-hydrogen) atoms. The van der Waals surface area contributed by atoms with Gasteiger partial charge in [0.05, 0.1) is 6.10 Å². The van der Waals surface area contributed by atoms with Gasteiger partial charge in [-0.15, -0.1) is 0 Å². The number of piperidine rings is 1. The summed E-state index contributed by atoms with van der Waals surface area (Å²) in [5.41, 5.74) is 2.34. The number of carbonyl (C=O) groups excluding carboxylic acids is 1. The van der Waals surface area contributed by atoms with Crippen LogP contribution >= 0.6 is 0 Å². The minimum absolute atomic E-state index is 0.0740. The Labute approximate surface area is 162 Å². The summed E-state index contributed by atoms with van der Waals surface area (Å²) in [4.78, 5) is 30.0. The van der Waals surface area contributed by atoms with Crippen LogP contribution in [0.15, 0.2) is 45.7 Å². The Morgan fingerprint density at radius 2 is 2.14 bits per heavy atom. The second-order valence-corrected chi connectivity index (χ2v) is 7.46. The lowest BCUT2D eigenvalue weighted by Gasteiger charge is -2.30. The number of amides is 1. The molecule has 6 heteroatoms. The predicted molar refractivity (Wildman–Crippen MR) is 107 cm³/mol. The topological polar surface area (TPSA) is 86.5 Å². The predicted octanol–water partition coefficient (Wildman–Crippen LogP) is 2.81. The first-order chi connectivity index (χ1) is 13.5. The van der Waals surface area contributed by atoms with E-state index in [1.54, 1.807) is 17.9 Å². The van der Waals surface area contributed by atoms with Gasteiger partial charge < -0.3 is 19.4 Å². The van der Waals surface area contributed by atoms with E-state index in [9.17, 15) is 14.7 Å². The Morgan fingerprint density at radius 1 is 1.32 bits per heavy atom. The van der Waals surface area contributed by atoms with Crippen molar-refractivity contribution in [3.05, 3.63) is 69.4 Å². The number of likely N-dealkylation sites (tertiary alicyclic amines) is 1. The van der Waals surface area contributed by atoms with Gasteiger partial charge in [0, 0.05) is 36.6 Å². The van der Waals surface area contributed by atoms with Crippen LogP contribution in [0.5, 0.6) is 0 Å². The standard InChI is InChI=1S/C22H24N2O4/c1-14-11-17(9-8-15-12-23-19-7-3-2-6-18(15)19)28-22(27)20(14)21(26)24-10-4-5-16(25)13-24/h2-3,6-7,11-12,16,23,25H,4-5,8-10,13H2,1H3. The number of aliphatic hydroxyl groups is 1. The molecule has 146 valence electrons. The number of hydrogen-bond donors (Lipinski definition) is 2. The molecule has 1 amide bonds. The van der Waals surface area contributed by atoms with Gasteiger partial charge in [-0.3, -0.25) is 4.79 Å². The lowest BCUT2D eigenvalue weighted by molar-refractivity contribution is 0.0469. The van der Waals surface area contributed by atoms with Gasteiger partial charge in [-0.05, 0) is 49.4 Å². The molecule has 3 aromatic rings. The number of hydrogen-bond acceptors (Lipinski definition) is 4. The number of rotatable bonds is 4. The number of carbonyl (C=O) groups is 1. The van der Waals surface area contributed by atoms with Crippen molar-refractivity contribution in [2.45, 2.75) is 38.7 Å². The summed E-state index contributed by atoms with van der Waals surface area (Å²) in [7, 11) is 0. The van der Waals surface area contributed by atoms with Crippen molar-refractivity contribution in [3.8, 4) is 0 Å². The van der Waals surface area contributed by atoms with Crippen LogP contribution in [0.4, 0.5) is 0 Å². The third-order valence-corrected chi connectivity index (χ3v) is 5.41. The van der Waals surface area contributed by atoms with E-state index in [1.807, 2.05) is 24.4 Å². The Morgan fingerprint density at radius 3 is 2.93 bits per heavy atom. The lowest BCUT2D eigenvalue weighted by atomic mass is 10.0. The summed E-state index contributed by atoms with van der Waals surface area (Å²) in [5, 5.41) is 11.0. The maximum atomic E-state index is 12.7. The van der Waals surface area contributed by atoms with E-state index in [0.29, 0.717) is 30.7 Å². The zero-order valence-corrected chi connectivity index (χ0v) is 15.9. The molecule has 1 saturated heterocycles. The molecule has 4 rings (SSSR count). The van der Waals surface area contributed by atoms with E-state index < -0.39 is 11.7 Å². The number of para-hydroxylation sites is 1. The molecule has 2 aromatic heterocycles. The van der Waals surface area contributed by atoms with Crippen molar-refractivity contribution in [2.75, 3.05) is 13.1 Å². The van der Waals surface area contributed by atoms with Gasteiger partial charge in [0.15, 0.2) is 0 Å². The molecule has 3 heterocycles. The molecular weight excluding hydrogens is 356 g/mol. The fourth-order valence-corrected chi connectivity index (χ4v) is 3.95. The van der Waals surface area contributed by atoms with Gasteiger partial charge in [0.2, 0.25) is 0 Å². The summed E-state index contributed by atoms with van der Waals surface area (Å²) in [6.45, 7) is 2.58. The molecule has 1 fully saturated rings. The summed E-state index contributed by atoms with van der Waals surface area (Å²) in [6, 6.07) is 9.87. The quantitative estimate of drug-likeness (QED) is 0.729. The smallest absolute Gasteiger partial charge is 0.349 e. The molecule has 1 aliphatic rings. The number of aromatic amines is 1. The van der Waals surface area contributed by atoms with Crippen molar-refractivity contribution >= 4 is 16.8 Å². The van der Waals surface area contributed by atoms with Crippen LogP contribution in [0.1, 0.15) is 40.1 Å². The van der Waals surface area contributed by atoms with E-state index in [0.717, 1.165) is 23.7 Å². The zero-order valence-electron chi connectivity index (χ0n) is 15.9. The van der Waals surface area contributed by atoms with E-state index in [-0.39, 0.29) is 18.0 Å². The van der Waals surface area contributed by atoms with Gasteiger partial charge in [-0.2, -0.15) is 0 Å². The van der Waals surface area contributed by atoms with Gasteiger partial charge >= 0.3 is 5.63 Å². The Bertz CT molecular complexity index is 1070. The van der Waals surface area contributed by atoms with Crippen LogP contribution < -0.4 is 5.63 Å². The van der Waals surface area contributed by atoms with E-state index in [1.165, 1.54) is 5.56 Å². The number of nitrogens with one attached hydrogen (secondary N) is 1. The molecule has 0 bridgehead atoms. The van der Waals surface area contributed by atoms with Gasteiger partial charge in [0.25, 0.3) is 5.91 Å². The minimum Gasteiger partial charge on any atom is -0.427 e. The first kappa shape index (κ1) is 18.5. The molecule has 0 aliphatic carbocycles. The average molecular weight is 380 g/mol. The number of β-amino-alcohol motifs (C(OH)–C–C–N with tert-alkyl or cyclic N) is 1. The monoisotopic (exact) mass is 380 g/mol. The third-order valence-electron chi connectivity index (χ3n) is 5.41. The fourth-order valence-electron chi connectivity index (χ4n) is 3.95. The van der Waals surface area contributed by atoms with Crippen LogP contribution in [0.2, 0.25) is 0 Å². The normalized spacial score (nSPS) is 17.2. The highest BCUT2D eigenvalue weighted by Crippen LogP contribution is 2.20. The molecule has 6 nitrogen and oxygen atoms in total. The van der Waals surface area contributed by atoms with Gasteiger partial charge in [-0.1, -0.05) is 18.2 Å². The van der Waals surface area contributed by atoms with Crippen molar-refractivity contribution in [2.24, 2.45) is 0 Å². The molecule has 0 saturated carbocycles. The van der Waals surface area contributed by atoms with Crippen LogP contribution in [-0.4, -0.2) is 40.1 Å². The summed E-state index contributed by atoms with van der Waals surface area (Å²) >= 11 is 0. The number of nitrogens with zero attached hydrogens (tertiary/aromatic N) is 1. The molecule has 1 unspecified atom stereocenters. The lowest BCUT2D eigenvalue weighted by Crippen LogP contribution is -2.43. The van der Waals surface area contributed by atoms with Crippen LogP contribution in [0, 0.1) is 6.92 Å². The highest BCUT2D eigenvalue weighted by molar-refractivity contribution is 5.95. The molecule has 1 atom stereocenters. The average Bonchev–Trinajstić information content (AvgIpc) is 3.09. The Balaban J connectivity index is 1.52. The van der Waals surface area contributed by atoms with Crippen molar-refractivity contribution in [1.29, 1.82) is 0 Å². The largest absolute Gasteiger partial charge is 0.427 e. The number of aryl methyl sites for hydroxylation is 3. The van der Waals surface area contributed by atoms with Crippen molar-refractivity contribution in [1.82, 2.24) is 9.88 Å². The maximum Gasteiger partial charge on any atom is 0.349 e. The maximum absolute atomic E-state index is 12.7. The molecule has 0 radical (unpaired) electrons. The fraction of sp³-hybridized carbons (Fsp3) is 0.364. The molecule has 1 aliphatic heterocycles. The van der Waals surface area contributed by atoms with E-state index in [2.05, 4.69) is 11.1 Å². The number of fused-ring (bicyclic) bond motifs is 1. The molecular formula is C22H24N2O4. The number of H-pyrrole nitrogens is 1. The van der Waals surface area contributed by atoms with Gasteiger partial charge in [-0.25, -0.2) is 4.79 Å². The summed E-state index contributed by atoms with van der Waals surface area (Å²) in [6.07, 6.45) is 4.19. The van der Waals surface area contributed by atoms with E-state index >= 15 is 0 Å². The number of aliphatic hydroxyl groups excluding tert-OH is 1. The van der Waals surface area contributed by atoms with Crippen LogP contribution in [0.3, 0.4) is 0 Å². The van der Waals surface area contributed by atoms with Crippen molar-refractivity contribution in [3.63, 3.8) is 0 Å². The van der Waals surface area contributed by atoms with Crippen LogP contribution in [-0.2, 0) is 12.8 Å². The van der Waals surface area contributed by atoms with Crippen molar-refractivity contribution < 1.29 is 14.3 Å². The number of benzene rings is 1. The summed E-state index contributed by atoms with van der Waals surface area (Å²) < 4.78 is 5.46. The Kier molecular flexibility index (Phi) is 5.05. The highest BCUT2D eigenvalue weighted by atomic mass is 16.4. The third kappa shape index (κ3) is 3.60. The SMILES string of the molecule is Cc1cc(CCc2c[nH]c3ccccc23)oc(=O)c1C(=O)N1CCCC(O)C1. The Hall–Kier alpha value is -2.86. The minimum atomic E-state index is -0.598. The second-order valence-electron chi connectivity index (χ2n) is 7.46. The van der Waals surface area contributed by atoms with Crippen LogP contribution in [0.25, 0.3) is 10.9 Å². The summed E-state index contributed by atoms with van der Waals surface area (Å²) in [5.74, 6) is 0.219. The second kappa shape index (κ2) is 7.64. The first-order valence-electron chi connectivity index (χ1n) is 9.69. The zero-order chi connectivity index (χ0) is 19.7. The van der Waals surface area contributed by atoms with Gasteiger partial charge in [0.1, 0.15) is 11.3 Å². The molecule has 0 spiro atoms. The highest BCUT2D eigenvalue weighted by Gasteiger charge is 2.27. The molecule has 1 aromatic carbocycles. The first-order valence-corrected chi connectivity index (χ1v) is 9.69. The van der Waals surface area contributed by atoms with E-state index in [4.69, 9.17) is 4.42 Å².